The zero-order valence-electron chi connectivity index (χ0n) is 16.1. The summed E-state index contributed by atoms with van der Waals surface area (Å²) in [5.74, 6) is -0.395. The van der Waals surface area contributed by atoms with Crippen molar-refractivity contribution < 1.29 is 9.59 Å². The van der Waals surface area contributed by atoms with E-state index in [4.69, 9.17) is 0 Å². The Kier molecular flexibility index (Phi) is 6.22. The van der Waals surface area contributed by atoms with E-state index < -0.39 is 0 Å². The molecular weight excluding hydrogens is 352 g/mol. The average Bonchev–Trinajstić information content (AvgIpc) is 3.13. The summed E-state index contributed by atoms with van der Waals surface area (Å²) in [5.41, 5.74) is 3.57. The second-order valence-electron chi connectivity index (χ2n) is 6.78. The van der Waals surface area contributed by atoms with Gasteiger partial charge in [0.25, 0.3) is 5.91 Å². The Labute approximate surface area is 164 Å². The van der Waals surface area contributed by atoms with E-state index in [-0.39, 0.29) is 18.4 Å². The number of carbonyl (C=O) groups excluding carboxylic acids is 2. The number of carbonyl (C=O) groups is 2. The van der Waals surface area contributed by atoms with E-state index in [0.717, 1.165) is 11.1 Å². The maximum atomic E-state index is 12.3. The molecule has 0 radical (unpaired) electrons. The minimum absolute atomic E-state index is 0.0399. The topological polar surface area (TPSA) is 67.2 Å². The summed E-state index contributed by atoms with van der Waals surface area (Å²) < 4.78 is 1.85. The molecule has 0 unspecified atom stereocenters. The van der Waals surface area contributed by atoms with Crippen LogP contribution in [0.5, 0.6) is 0 Å². The molecule has 0 fully saturated rings. The summed E-state index contributed by atoms with van der Waals surface area (Å²) in [6.45, 7) is 2.95. The Bertz CT molecular complexity index is 950. The summed E-state index contributed by atoms with van der Waals surface area (Å²) >= 11 is 0. The van der Waals surface area contributed by atoms with Crippen LogP contribution >= 0.6 is 0 Å². The van der Waals surface area contributed by atoms with Crippen molar-refractivity contribution in [3.8, 4) is 0 Å². The average molecular weight is 376 g/mol. The molecule has 3 aromatic rings. The lowest BCUT2D eigenvalue weighted by Gasteiger charge is -2.16. The first-order valence-electron chi connectivity index (χ1n) is 9.16. The molecule has 0 bridgehead atoms. The van der Waals surface area contributed by atoms with Crippen LogP contribution in [-0.4, -0.2) is 40.1 Å². The smallest absolute Gasteiger partial charge is 0.251 e. The molecule has 2 aromatic carbocycles. The highest BCUT2D eigenvalue weighted by atomic mass is 16.2. The third-order valence-corrected chi connectivity index (χ3v) is 4.51. The zero-order valence-corrected chi connectivity index (χ0v) is 16.1. The molecule has 0 aliphatic heterocycles. The molecule has 144 valence electrons. The van der Waals surface area contributed by atoms with Gasteiger partial charge in [0, 0.05) is 30.9 Å². The molecule has 1 aromatic heterocycles. The number of amides is 2. The van der Waals surface area contributed by atoms with Gasteiger partial charge in [-0.2, -0.15) is 5.10 Å². The first-order chi connectivity index (χ1) is 13.5. The molecule has 0 saturated heterocycles. The van der Waals surface area contributed by atoms with E-state index in [2.05, 4.69) is 10.4 Å². The fraction of sp³-hybridized carbons (Fsp3) is 0.227. The molecular formula is C22H24N4O2. The van der Waals surface area contributed by atoms with E-state index in [1.807, 2.05) is 66.3 Å². The highest BCUT2D eigenvalue weighted by molar-refractivity contribution is 5.97. The standard InChI is InChI=1S/C22H24N4O2/c1-17-8-6-7-11-20(17)22(28)23-13-21(27)25(2)14-19-12-24-26(16-19)15-18-9-4-3-5-10-18/h3-12,16H,13-15H2,1-2H3,(H,23,28). The third kappa shape index (κ3) is 5.07. The lowest BCUT2D eigenvalue weighted by molar-refractivity contribution is -0.129. The first-order valence-corrected chi connectivity index (χ1v) is 9.16. The minimum atomic E-state index is -0.240. The number of rotatable bonds is 7. The summed E-state index contributed by atoms with van der Waals surface area (Å²) in [7, 11) is 1.72. The fourth-order valence-electron chi connectivity index (χ4n) is 2.92. The number of nitrogens with one attached hydrogen (secondary N) is 1. The maximum absolute atomic E-state index is 12.3. The van der Waals surface area contributed by atoms with Crippen LogP contribution in [0.15, 0.2) is 67.0 Å². The normalized spacial score (nSPS) is 10.5. The van der Waals surface area contributed by atoms with Crippen molar-refractivity contribution in [3.63, 3.8) is 0 Å². The lowest BCUT2D eigenvalue weighted by Crippen LogP contribution is -2.38. The van der Waals surface area contributed by atoms with Gasteiger partial charge in [-0.05, 0) is 24.1 Å². The van der Waals surface area contributed by atoms with E-state index in [1.165, 1.54) is 5.56 Å². The van der Waals surface area contributed by atoms with Crippen LogP contribution in [-0.2, 0) is 17.9 Å². The Balaban J connectivity index is 1.50. The number of hydrogen-bond acceptors (Lipinski definition) is 3. The number of hydrogen-bond donors (Lipinski definition) is 1. The van der Waals surface area contributed by atoms with Gasteiger partial charge >= 0.3 is 0 Å². The SMILES string of the molecule is Cc1ccccc1C(=O)NCC(=O)N(C)Cc1cnn(Cc2ccccc2)c1. The van der Waals surface area contributed by atoms with Gasteiger partial charge in [0.15, 0.2) is 0 Å². The van der Waals surface area contributed by atoms with Crippen molar-refractivity contribution in [2.24, 2.45) is 0 Å². The second-order valence-corrected chi connectivity index (χ2v) is 6.78. The Morgan fingerprint density at radius 3 is 2.50 bits per heavy atom. The number of likely N-dealkylation sites (N-methyl/N-ethyl adjacent to an activating group) is 1. The van der Waals surface area contributed by atoms with Gasteiger partial charge in [-0.15, -0.1) is 0 Å². The molecule has 3 rings (SSSR count). The molecule has 28 heavy (non-hydrogen) atoms. The second kappa shape index (κ2) is 8.99. The van der Waals surface area contributed by atoms with Crippen molar-refractivity contribution >= 4 is 11.8 Å². The van der Waals surface area contributed by atoms with Gasteiger partial charge in [0.05, 0.1) is 19.3 Å². The molecule has 6 nitrogen and oxygen atoms in total. The first kappa shape index (κ1) is 19.4. The summed E-state index contributed by atoms with van der Waals surface area (Å²) in [4.78, 5) is 26.2. The van der Waals surface area contributed by atoms with Crippen LogP contribution < -0.4 is 5.32 Å². The molecule has 0 atom stereocenters. The van der Waals surface area contributed by atoms with E-state index >= 15 is 0 Å². The lowest BCUT2D eigenvalue weighted by atomic mass is 10.1. The molecule has 0 aliphatic carbocycles. The number of benzene rings is 2. The van der Waals surface area contributed by atoms with Gasteiger partial charge in [-0.3, -0.25) is 14.3 Å². The molecule has 1 heterocycles. The zero-order chi connectivity index (χ0) is 19.9. The van der Waals surface area contributed by atoms with Crippen molar-refractivity contribution in [1.29, 1.82) is 0 Å². The Morgan fingerprint density at radius 1 is 1.04 bits per heavy atom. The van der Waals surface area contributed by atoms with Crippen molar-refractivity contribution in [2.75, 3.05) is 13.6 Å². The summed E-state index contributed by atoms with van der Waals surface area (Å²) in [6.07, 6.45) is 3.70. The van der Waals surface area contributed by atoms with Crippen molar-refractivity contribution in [1.82, 2.24) is 20.0 Å². The monoisotopic (exact) mass is 376 g/mol. The number of aryl methyl sites for hydroxylation is 1. The van der Waals surface area contributed by atoms with E-state index in [1.54, 1.807) is 24.2 Å². The Hall–Kier alpha value is -3.41. The van der Waals surface area contributed by atoms with E-state index in [0.29, 0.717) is 18.7 Å². The van der Waals surface area contributed by atoms with Crippen LogP contribution in [0.3, 0.4) is 0 Å². The summed E-state index contributed by atoms with van der Waals surface area (Å²) in [6, 6.07) is 17.4. The maximum Gasteiger partial charge on any atom is 0.251 e. The van der Waals surface area contributed by atoms with Crippen LogP contribution in [0.25, 0.3) is 0 Å². The minimum Gasteiger partial charge on any atom is -0.343 e. The number of aromatic nitrogens is 2. The van der Waals surface area contributed by atoms with Crippen LogP contribution in [0.2, 0.25) is 0 Å². The van der Waals surface area contributed by atoms with Crippen LogP contribution in [0.1, 0.15) is 27.0 Å². The largest absolute Gasteiger partial charge is 0.343 e. The van der Waals surface area contributed by atoms with Gasteiger partial charge in [-0.1, -0.05) is 48.5 Å². The van der Waals surface area contributed by atoms with Crippen molar-refractivity contribution in [2.45, 2.75) is 20.0 Å². The highest BCUT2D eigenvalue weighted by Crippen LogP contribution is 2.08. The Morgan fingerprint density at radius 2 is 1.75 bits per heavy atom. The van der Waals surface area contributed by atoms with Crippen LogP contribution in [0, 0.1) is 6.92 Å². The van der Waals surface area contributed by atoms with Gasteiger partial charge in [-0.25, -0.2) is 0 Å². The molecule has 0 aliphatic rings. The fourth-order valence-corrected chi connectivity index (χ4v) is 2.92. The quantitative estimate of drug-likeness (QED) is 0.689. The number of nitrogens with zero attached hydrogens (tertiary/aromatic N) is 3. The van der Waals surface area contributed by atoms with Gasteiger partial charge in [0.2, 0.25) is 5.91 Å². The molecule has 0 saturated carbocycles. The highest BCUT2D eigenvalue weighted by Gasteiger charge is 2.14. The summed E-state index contributed by atoms with van der Waals surface area (Å²) in [5, 5.41) is 7.05. The third-order valence-electron chi connectivity index (χ3n) is 4.51. The van der Waals surface area contributed by atoms with Gasteiger partial charge in [0.1, 0.15) is 0 Å². The molecule has 2 amide bonds. The predicted molar refractivity (Wildman–Crippen MR) is 108 cm³/mol. The molecule has 0 spiro atoms. The molecule has 6 heteroatoms. The van der Waals surface area contributed by atoms with E-state index in [9.17, 15) is 9.59 Å². The van der Waals surface area contributed by atoms with Gasteiger partial charge < -0.3 is 10.2 Å². The predicted octanol–water partition coefficient (Wildman–Crippen LogP) is 2.63. The molecule has 1 N–H and O–H groups in total. The van der Waals surface area contributed by atoms with Crippen LogP contribution in [0.4, 0.5) is 0 Å². The van der Waals surface area contributed by atoms with Crippen molar-refractivity contribution in [3.05, 3.63) is 89.2 Å².